The first-order chi connectivity index (χ1) is 8.82. The number of nitrogens with zero attached hydrogens (tertiary/aromatic N) is 1. The van der Waals surface area contributed by atoms with Crippen molar-refractivity contribution in [2.24, 2.45) is 0 Å². The molecule has 5 nitrogen and oxygen atoms in total. The van der Waals surface area contributed by atoms with Crippen molar-refractivity contribution in [1.29, 1.82) is 0 Å². The van der Waals surface area contributed by atoms with Gasteiger partial charge in [-0.15, -0.1) is 0 Å². The molecule has 0 radical (unpaired) electrons. The van der Waals surface area contributed by atoms with E-state index in [0.29, 0.717) is 10.7 Å². The van der Waals surface area contributed by atoms with Crippen LogP contribution < -0.4 is 15.5 Å². The summed E-state index contributed by atoms with van der Waals surface area (Å²) in [6.07, 6.45) is 0. The van der Waals surface area contributed by atoms with Crippen molar-refractivity contribution in [2.45, 2.75) is 19.9 Å². The molecule has 0 aliphatic rings. The van der Waals surface area contributed by atoms with Gasteiger partial charge in [0, 0.05) is 21.0 Å². The third-order valence-electron chi connectivity index (χ3n) is 2.50. The van der Waals surface area contributed by atoms with E-state index in [2.05, 4.69) is 10.6 Å². The van der Waals surface area contributed by atoms with Crippen LogP contribution in [0, 0.1) is 0 Å². The van der Waals surface area contributed by atoms with Crippen molar-refractivity contribution in [3.63, 3.8) is 0 Å². The highest BCUT2D eigenvalue weighted by Crippen LogP contribution is 2.32. The average molecular weight is 284 g/mol. The molecule has 1 aromatic carbocycles. The van der Waals surface area contributed by atoms with Crippen molar-refractivity contribution in [2.75, 3.05) is 24.3 Å². The topological polar surface area (TPSA) is 61.4 Å². The molecule has 6 heteroatoms. The number of para-hydroxylation sites is 1. The number of hydrogen-bond donors (Lipinski definition) is 2. The van der Waals surface area contributed by atoms with Gasteiger partial charge in [-0.2, -0.15) is 0 Å². The number of amides is 2. The summed E-state index contributed by atoms with van der Waals surface area (Å²) in [6, 6.07) is 4.67. The molecule has 0 spiro atoms. The maximum Gasteiger partial charge on any atom is 0.246 e. The SMILES string of the molecule is CC(=O)NC(C)C(=O)Nc1cccc(Cl)c1N(C)C. The minimum atomic E-state index is -0.605. The number of carbonyl (C=O) groups is 2. The number of rotatable bonds is 4. The van der Waals surface area contributed by atoms with Crippen LogP contribution in [0.1, 0.15) is 13.8 Å². The van der Waals surface area contributed by atoms with E-state index in [9.17, 15) is 9.59 Å². The molecule has 0 aromatic heterocycles. The molecule has 2 N–H and O–H groups in total. The summed E-state index contributed by atoms with van der Waals surface area (Å²) in [4.78, 5) is 24.7. The lowest BCUT2D eigenvalue weighted by Gasteiger charge is -2.20. The number of hydrogen-bond acceptors (Lipinski definition) is 3. The minimum Gasteiger partial charge on any atom is -0.375 e. The van der Waals surface area contributed by atoms with Crippen molar-refractivity contribution in [1.82, 2.24) is 5.32 Å². The van der Waals surface area contributed by atoms with Crippen LogP contribution in [0.5, 0.6) is 0 Å². The van der Waals surface area contributed by atoms with Gasteiger partial charge in [-0.05, 0) is 19.1 Å². The molecular weight excluding hydrogens is 266 g/mol. The van der Waals surface area contributed by atoms with Gasteiger partial charge in [-0.1, -0.05) is 17.7 Å². The largest absolute Gasteiger partial charge is 0.375 e. The molecule has 0 fully saturated rings. The van der Waals surface area contributed by atoms with Gasteiger partial charge in [0.05, 0.1) is 16.4 Å². The van der Waals surface area contributed by atoms with Gasteiger partial charge in [0.25, 0.3) is 0 Å². The third-order valence-corrected chi connectivity index (χ3v) is 2.81. The van der Waals surface area contributed by atoms with Crippen molar-refractivity contribution >= 4 is 34.8 Å². The first-order valence-corrected chi connectivity index (χ1v) is 6.24. The second-order valence-electron chi connectivity index (χ2n) is 4.44. The van der Waals surface area contributed by atoms with Crippen LogP contribution in [0.15, 0.2) is 18.2 Å². The van der Waals surface area contributed by atoms with Crippen molar-refractivity contribution < 1.29 is 9.59 Å². The molecule has 19 heavy (non-hydrogen) atoms. The summed E-state index contributed by atoms with van der Waals surface area (Å²) in [6.45, 7) is 2.99. The molecule has 1 rings (SSSR count). The van der Waals surface area contributed by atoms with Gasteiger partial charge >= 0.3 is 0 Å². The summed E-state index contributed by atoms with van der Waals surface area (Å²) in [7, 11) is 3.68. The Kier molecular flexibility index (Phi) is 5.18. The Morgan fingerprint density at radius 3 is 2.47 bits per heavy atom. The number of anilines is 2. The molecule has 2 amide bonds. The van der Waals surface area contributed by atoms with E-state index < -0.39 is 6.04 Å². The number of carbonyl (C=O) groups excluding carboxylic acids is 2. The van der Waals surface area contributed by atoms with Gasteiger partial charge in [-0.3, -0.25) is 9.59 Å². The van der Waals surface area contributed by atoms with E-state index in [-0.39, 0.29) is 11.8 Å². The quantitative estimate of drug-likeness (QED) is 0.887. The molecule has 0 saturated heterocycles. The average Bonchev–Trinajstić information content (AvgIpc) is 2.27. The molecule has 0 aliphatic heterocycles. The zero-order valence-electron chi connectivity index (χ0n) is 11.5. The lowest BCUT2D eigenvalue weighted by molar-refractivity contribution is -0.124. The lowest BCUT2D eigenvalue weighted by atomic mass is 10.2. The van der Waals surface area contributed by atoms with Crippen LogP contribution in [0.4, 0.5) is 11.4 Å². The Labute approximate surface area is 117 Å². The fraction of sp³-hybridized carbons (Fsp3) is 0.385. The van der Waals surface area contributed by atoms with Crippen LogP contribution in [0.3, 0.4) is 0 Å². The summed E-state index contributed by atoms with van der Waals surface area (Å²) >= 11 is 6.11. The number of halogens is 1. The maximum absolute atomic E-state index is 11.9. The molecular formula is C13H18ClN3O2. The predicted molar refractivity (Wildman–Crippen MR) is 77.7 cm³/mol. The fourth-order valence-electron chi connectivity index (χ4n) is 1.68. The monoisotopic (exact) mass is 283 g/mol. The molecule has 1 aromatic rings. The molecule has 0 heterocycles. The molecule has 104 valence electrons. The van der Waals surface area contributed by atoms with E-state index in [4.69, 9.17) is 11.6 Å². The molecule has 0 saturated carbocycles. The maximum atomic E-state index is 11.9. The third kappa shape index (κ3) is 4.13. The van der Waals surface area contributed by atoms with Crippen LogP contribution >= 0.6 is 11.6 Å². The van der Waals surface area contributed by atoms with E-state index in [0.717, 1.165) is 5.69 Å². The first kappa shape index (κ1) is 15.3. The summed E-state index contributed by atoms with van der Waals surface area (Å²) in [5.41, 5.74) is 1.34. The molecule has 1 atom stereocenters. The van der Waals surface area contributed by atoms with E-state index in [1.807, 2.05) is 19.0 Å². The number of benzene rings is 1. The Morgan fingerprint density at radius 1 is 1.32 bits per heavy atom. The van der Waals surface area contributed by atoms with Crippen LogP contribution in [-0.4, -0.2) is 32.0 Å². The van der Waals surface area contributed by atoms with Crippen LogP contribution in [-0.2, 0) is 9.59 Å². The second kappa shape index (κ2) is 6.43. The summed E-state index contributed by atoms with van der Waals surface area (Å²) < 4.78 is 0. The van der Waals surface area contributed by atoms with E-state index in [1.54, 1.807) is 25.1 Å². The molecule has 1 unspecified atom stereocenters. The van der Waals surface area contributed by atoms with Gasteiger partial charge in [0.15, 0.2) is 0 Å². The molecule has 0 aliphatic carbocycles. The Bertz CT molecular complexity index is 489. The normalized spacial score (nSPS) is 11.6. The Morgan fingerprint density at radius 2 is 1.95 bits per heavy atom. The summed E-state index contributed by atoms with van der Waals surface area (Å²) in [5, 5.41) is 5.84. The lowest BCUT2D eigenvalue weighted by Crippen LogP contribution is -2.40. The van der Waals surface area contributed by atoms with Gasteiger partial charge < -0.3 is 15.5 Å². The van der Waals surface area contributed by atoms with E-state index >= 15 is 0 Å². The van der Waals surface area contributed by atoms with Gasteiger partial charge in [0.1, 0.15) is 6.04 Å². The van der Waals surface area contributed by atoms with Gasteiger partial charge in [0.2, 0.25) is 11.8 Å². The smallest absolute Gasteiger partial charge is 0.246 e. The van der Waals surface area contributed by atoms with E-state index in [1.165, 1.54) is 6.92 Å². The highest BCUT2D eigenvalue weighted by molar-refractivity contribution is 6.34. The van der Waals surface area contributed by atoms with Crippen molar-refractivity contribution in [3.8, 4) is 0 Å². The Hall–Kier alpha value is -1.75. The summed E-state index contributed by atoms with van der Waals surface area (Å²) in [5.74, 6) is -0.540. The van der Waals surface area contributed by atoms with Crippen molar-refractivity contribution in [3.05, 3.63) is 23.2 Å². The highest BCUT2D eigenvalue weighted by Gasteiger charge is 2.17. The highest BCUT2D eigenvalue weighted by atomic mass is 35.5. The Balaban J connectivity index is 2.91. The van der Waals surface area contributed by atoms with Gasteiger partial charge in [-0.25, -0.2) is 0 Å². The van der Waals surface area contributed by atoms with Crippen LogP contribution in [0.25, 0.3) is 0 Å². The van der Waals surface area contributed by atoms with Crippen LogP contribution in [0.2, 0.25) is 5.02 Å². The fourth-order valence-corrected chi connectivity index (χ4v) is 2.03. The first-order valence-electron chi connectivity index (χ1n) is 5.86. The zero-order chi connectivity index (χ0) is 14.6. The molecule has 0 bridgehead atoms. The second-order valence-corrected chi connectivity index (χ2v) is 4.85. The zero-order valence-corrected chi connectivity index (χ0v) is 12.2. The number of nitrogens with one attached hydrogen (secondary N) is 2. The standard InChI is InChI=1S/C13H18ClN3O2/c1-8(15-9(2)18)13(19)16-11-7-5-6-10(14)12(11)17(3)4/h5-8H,1-4H3,(H,15,18)(H,16,19). The predicted octanol–water partition coefficient (Wildman–Crippen LogP) is 1.87. The minimum absolute atomic E-state index is 0.249.